The molecule has 112 valence electrons. The maximum atomic E-state index is 13.3. The number of thiazole rings is 1. The van der Waals surface area contributed by atoms with E-state index in [1.165, 1.54) is 12.1 Å². The molecule has 1 aromatic carbocycles. The molecule has 0 aliphatic heterocycles. The molecule has 6 heteroatoms. The van der Waals surface area contributed by atoms with E-state index in [4.69, 9.17) is 0 Å². The lowest BCUT2D eigenvalue weighted by Gasteiger charge is -2.17. The highest BCUT2D eigenvalue weighted by molar-refractivity contribution is 7.17. The van der Waals surface area contributed by atoms with E-state index in [-0.39, 0.29) is 16.1 Å². The van der Waals surface area contributed by atoms with Crippen LogP contribution in [0, 0.1) is 5.82 Å². The summed E-state index contributed by atoms with van der Waals surface area (Å²) in [5.41, 5.74) is 0.796. The molecular formula is C15H17FN2O2S. The second kappa shape index (κ2) is 5.44. The second-order valence-electron chi connectivity index (χ2n) is 5.77. The minimum atomic E-state index is -0.990. The molecular weight excluding hydrogens is 291 g/mol. The molecule has 1 heterocycles. The number of hydrogen-bond acceptors (Lipinski definition) is 4. The van der Waals surface area contributed by atoms with E-state index < -0.39 is 5.97 Å². The predicted octanol–water partition coefficient (Wildman–Crippen LogP) is 4.05. The van der Waals surface area contributed by atoms with Gasteiger partial charge in [0.2, 0.25) is 0 Å². The van der Waals surface area contributed by atoms with Crippen LogP contribution in [0.25, 0.3) is 0 Å². The predicted molar refractivity (Wildman–Crippen MR) is 82.2 cm³/mol. The number of halogens is 1. The first kappa shape index (κ1) is 15.4. The monoisotopic (exact) mass is 308 g/mol. The summed E-state index contributed by atoms with van der Waals surface area (Å²) >= 11 is 1.10. The minimum absolute atomic E-state index is 0.223. The van der Waals surface area contributed by atoms with Crippen molar-refractivity contribution in [3.05, 3.63) is 40.7 Å². The number of benzene rings is 1. The van der Waals surface area contributed by atoms with Gasteiger partial charge in [-0.2, -0.15) is 0 Å². The topological polar surface area (TPSA) is 53.4 Å². The van der Waals surface area contributed by atoms with Gasteiger partial charge >= 0.3 is 5.97 Å². The van der Waals surface area contributed by atoms with E-state index in [0.29, 0.717) is 16.5 Å². The number of aromatic nitrogens is 1. The van der Waals surface area contributed by atoms with Gasteiger partial charge in [0.05, 0.1) is 5.69 Å². The summed E-state index contributed by atoms with van der Waals surface area (Å²) in [5.74, 6) is -1.33. The molecule has 4 nitrogen and oxygen atoms in total. The van der Waals surface area contributed by atoms with Crippen LogP contribution in [0.2, 0.25) is 0 Å². The average molecular weight is 308 g/mol. The van der Waals surface area contributed by atoms with Gasteiger partial charge < -0.3 is 10.0 Å². The molecule has 0 unspecified atom stereocenters. The molecule has 0 atom stereocenters. The van der Waals surface area contributed by atoms with Gasteiger partial charge in [-0.25, -0.2) is 14.2 Å². The molecule has 0 amide bonds. The Morgan fingerprint density at radius 3 is 2.52 bits per heavy atom. The molecule has 0 saturated heterocycles. The summed E-state index contributed by atoms with van der Waals surface area (Å²) in [7, 11) is 1.74. The van der Waals surface area contributed by atoms with E-state index in [9.17, 15) is 14.3 Å². The molecule has 21 heavy (non-hydrogen) atoms. The molecule has 1 N–H and O–H groups in total. The van der Waals surface area contributed by atoms with Crippen molar-refractivity contribution in [2.45, 2.75) is 26.2 Å². The van der Waals surface area contributed by atoms with Crippen molar-refractivity contribution in [2.75, 3.05) is 11.9 Å². The lowest BCUT2D eigenvalue weighted by molar-refractivity contribution is 0.0699. The highest BCUT2D eigenvalue weighted by atomic mass is 32.1. The Balaban J connectivity index is 2.48. The van der Waals surface area contributed by atoms with E-state index >= 15 is 0 Å². The van der Waals surface area contributed by atoms with Crippen molar-refractivity contribution in [3.63, 3.8) is 0 Å². The van der Waals surface area contributed by atoms with Crippen LogP contribution in [0.1, 0.15) is 36.1 Å². The first-order chi connectivity index (χ1) is 9.70. The zero-order valence-electron chi connectivity index (χ0n) is 12.3. The van der Waals surface area contributed by atoms with Gasteiger partial charge in [-0.3, -0.25) is 0 Å². The summed E-state index contributed by atoms with van der Waals surface area (Å²) in [5, 5.41) is 9.86. The molecule has 1 aromatic heterocycles. The maximum Gasteiger partial charge on any atom is 0.347 e. The Morgan fingerprint density at radius 2 is 2.05 bits per heavy atom. The smallest absolute Gasteiger partial charge is 0.347 e. The van der Waals surface area contributed by atoms with Gasteiger partial charge in [0.15, 0.2) is 5.13 Å². The zero-order chi connectivity index (χ0) is 15.8. The zero-order valence-corrected chi connectivity index (χ0v) is 13.2. The molecule has 0 aliphatic rings. The number of aromatic carboxylic acids is 1. The summed E-state index contributed by atoms with van der Waals surface area (Å²) in [6.45, 7) is 5.75. The number of rotatable bonds is 3. The molecule has 0 radical (unpaired) electrons. The number of carboxylic acid groups (broad SMARTS) is 1. The minimum Gasteiger partial charge on any atom is -0.477 e. The quantitative estimate of drug-likeness (QED) is 0.929. The van der Waals surface area contributed by atoms with Crippen molar-refractivity contribution < 1.29 is 14.3 Å². The number of anilines is 2. The first-order valence-corrected chi connectivity index (χ1v) is 7.25. The van der Waals surface area contributed by atoms with Crippen LogP contribution in [0.4, 0.5) is 15.2 Å². The average Bonchev–Trinajstić information content (AvgIpc) is 2.83. The third-order valence-corrected chi connectivity index (χ3v) is 4.12. The van der Waals surface area contributed by atoms with E-state index in [2.05, 4.69) is 4.98 Å². The molecule has 2 rings (SSSR count). The fraction of sp³-hybridized carbons (Fsp3) is 0.333. The van der Waals surface area contributed by atoms with E-state index in [1.807, 2.05) is 20.8 Å². The molecule has 0 fully saturated rings. The van der Waals surface area contributed by atoms with E-state index in [0.717, 1.165) is 11.3 Å². The van der Waals surface area contributed by atoms with Crippen LogP contribution in [0.5, 0.6) is 0 Å². The van der Waals surface area contributed by atoms with Crippen LogP contribution in [0.3, 0.4) is 0 Å². The highest BCUT2D eigenvalue weighted by Crippen LogP contribution is 2.35. The summed E-state index contributed by atoms with van der Waals surface area (Å²) in [6.07, 6.45) is 0. The summed E-state index contributed by atoms with van der Waals surface area (Å²) < 4.78 is 13.3. The van der Waals surface area contributed by atoms with Crippen molar-refractivity contribution in [3.8, 4) is 0 Å². The fourth-order valence-electron chi connectivity index (χ4n) is 1.90. The SMILES string of the molecule is CN(c1cccc(F)c1)c1nc(C(C)(C)C)c(C(=O)O)s1. The lowest BCUT2D eigenvalue weighted by Crippen LogP contribution is -2.16. The Hall–Kier alpha value is -1.95. The van der Waals surface area contributed by atoms with Gasteiger partial charge in [-0.05, 0) is 18.2 Å². The Bertz CT molecular complexity index is 677. The van der Waals surface area contributed by atoms with Crippen LogP contribution in [-0.4, -0.2) is 23.1 Å². The summed E-state index contributed by atoms with van der Waals surface area (Å²) in [6, 6.07) is 6.11. The molecule has 0 aliphatic carbocycles. The molecule has 0 saturated carbocycles. The Morgan fingerprint density at radius 1 is 1.38 bits per heavy atom. The third-order valence-electron chi connectivity index (χ3n) is 3.00. The van der Waals surface area contributed by atoms with Crippen LogP contribution < -0.4 is 4.90 Å². The van der Waals surface area contributed by atoms with Crippen LogP contribution in [0.15, 0.2) is 24.3 Å². The van der Waals surface area contributed by atoms with Crippen molar-refractivity contribution >= 4 is 28.1 Å². The van der Waals surface area contributed by atoms with Crippen molar-refractivity contribution in [1.29, 1.82) is 0 Å². The van der Waals surface area contributed by atoms with Gasteiger partial charge in [0, 0.05) is 18.2 Å². The second-order valence-corrected chi connectivity index (χ2v) is 6.75. The highest BCUT2D eigenvalue weighted by Gasteiger charge is 2.28. The lowest BCUT2D eigenvalue weighted by atomic mass is 9.91. The number of hydrogen-bond donors (Lipinski definition) is 1. The number of nitrogens with zero attached hydrogens (tertiary/aromatic N) is 2. The van der Waals surface area contributed by atoms with E-state index in [1.54, 1.807) is 24.1 Å². The largest absolute Gasteiger partial charge is 0.477 e. The van der Waals surface area contributed by atoms with Gasteiger partial charge in [-0.15, -0.1) is 0 Å². The molecule has 0 spiro atoms. The van der Waals surface area contributed by atoms with Gasteiger partial charge in [0.25, 0.3) is 0 Å². The van der Waals surface area contributed by atoms with Crippen LogP contribution in [-0.2, 0) is 5.41 Å². The van der Waals surface area contributed by atoms with Crippen molar-refractivity contribution in [1.82, 2.24) is 4.98 Å². The van der Waals surface area contributed by atoms with Crippen LogP contribution >= 0.6 is 11.3 Å². The van der Waals surface area contributed by atoms with Gasteiger partial charge in [-0.1, -0.05) is 38.2 Å². The number of carboxylic acids is 1. The maximum absolute atomic E-state index is 13.3. The van der Waals surface area contributed by atoms with Gasteiger partial charge in [0.1, 0.15) is 10.7 Å². The standard InChI is InChI=1S/C15H17FN2O2S/c1-15(2,3)12-11(13(19)20)21-14(17-12)18(4)10-7-5-6-9(16)8-10/h5-8H,1-4H3,(H,19,20). The summed E-state index contributed by atoms with van der Waals surface area (Å²) in [4.78, 5) is 17.7. The fourth-order valence-corrected chi connectivity index (χ4v) is 3.00. The third kappa shape index (κ3) is 3.21. The van der Waals surface area contributed by atoms with Crippen molar-refractivity contribution in [2.24, 2.45) is 0 Å². The Kier molecular flexibility index (Phi) is 4.00. The number of carbonyl (C=O) groups is 1. The first-order valence-electron chi connectivity index (χ1n) is 6.44. The normalized spacial score (nSPS) is 11.5. The molecule has 0 bridgehead atoms. The molecule has 2 aromatic rings. The Labute approximate surface area is 126 Å².